The predicted molar refractivity (Wildman–Crippen MR) is 129 cm³/mol. The molecule has 3 heterocycles. The van der Waals surface area contributed by atoms with Crippen LogP contribution in [0.15, 0.2) is 65.0 Å². The number of nitrogens with zero attached hydrogens (tertiary/aromatic N) is 5. The Morgan fingerprint density at radius 1 is 1.16 bits per heavy atom. The monoisotopic (exact) mass is 433 g/mol. The molecule has 0 amide bonds. The van der Waals surface area contributed by atoms with Crippen LogP contribution < -0.4 is 21.1 Å². The second-order valence-electron chi connectivity index (χ2n) is 9.30. The highest BCUT2D eigenvalue weighted by Gasteiger charge is 2.31. The van der Waals surface area contributed by atoms with E-state index in [9.17, 15) is 0 Å². The maximum atomic E-state index is 6.68. The van der Waals surface area contributed by atoms with Gasteiger partial charge in [-0.3, -0.25) is 9.58 Å². The van der Waals surface area contributed by atoms with Crippen LogP contribution in [0.2, 0.25) is 0 Å². The average Bonchev–Trinajstić information content (AvgIpc) is 3.07. The number of anilines is 1. The molecule has 4 rings (SSSR count). The first-order chi connectivity index (χ1) is 15.1. The molecule has 0 bridgehead atoms. The standard InChI is InChI=1S/C24H31N7O/c1-15-18(13-28-29(15)5)16-7-8-19(20(11-16)32-6)31-21-17(12-27-23(31)26)9-10-30(22(21)25)14-24(2,3)4/h7-13H,14,25H2,1-6H3,(H2,26,27). The van der Waals surface area contributed by atoms with Crippen molar-refractivity contribution < 1.29 is 4.74 Å². The fourth-order valence-electron chi connectivity index (χ4n) is 3.97. The summed E-state index contributed by atoms with van der Waals surface area (Å²) in [5, 5.41) is 4.36. The zero-order valence-corrected chi connectivity index (χ0v) is 19.5. The summed E-state index contributed by atoms with van der Waals surface area (Å²) in [5.74, 6) is 1.63. The number of guanidine groups is 1. The minimum Gasteiger partial charge on any atom is -0.495 e. The molecule has 0 spiro atoms. The number of methoxy groups -OCH3 is 1. The normalized spacial score (nSPS) is 16.2. The Bertz CT molecular complexity index is 1180. The van der Waals surface area contributed by atoms with Gasteiger partial charge >= 0.3 is 0 Å². The fraction of sp³-hybridized carbons (Fsp3) is 0.333. The number of fused-ring (bicyclic) bond motifs is 1. The number of rotatable bonds is 4. The van der Waals surface area contributed by atoms with E-state index in [4.69, 9.17) is 16.2 Å². The van der Waals surface area contributed by atoms with E-state index in [1.165, 1.54) is 0 Å². The van der Waals surface area contributed by atoms with Crippen LogP contribution >= 0.6 is 0 Å². The Morgan fingerprint density at radius 3 is 2.53 bits per heavy atom. The zero-order chi connectivity index (χ0) is 23.2. The third-order valence-electron chi connectivity index (χ3n) is 5.66. The molecule has 1 aromatic heterocycles. The van der Waals surface area contributed by atoms with E-state index in [1.54, 1.807) is 13.3 Å². The van der Waals surface area contributed by atoms with Crippen LogP contribution in [-0.2, 0) is 7.05 Å². The molecule has 0 saturated heterocycles. The topological polar surface area (TPSA) is 97.9 Å². The average molecular weight is 434 g/mol. The first-order valence-corrected chi connectivity index (χ1v) is 10.6. The molecule has 8 heteroatoms. The van der Waals surface area contributed by atoms with Gasteiger partial charge in [0.05, 0.1) is 24.7 Å². The van der Waals surface area contributed by atoms with Gasteiger partial charge in [0.1, 0.15) is 11.6 Å². The lowest BCUT2D eigenvalue weighted by molar-refractivity contribution is 0.285. The van der Waals surface area contributed by atoms with E-state index in [2.05, 4.69) is 35.8 Å². The number of aryl methyl sites for hydroxylation is 1. The molecule has 2 aliphatic heterocycles. The molecule has 0 fully saturated rings. The number of hydrogen-bond acceptors (Lipinski definition) is 7. The summed E-state index contributed by atoms with van der Waals surface area (Å²) in [6.07, 6.45) is 7.62. The zero-order valence-electron chi connectivity index (χ0n) is 19.5. The quantitative estimate of drug-likeness (QED) is 0.767. The Kier molecular flexibility index (Phi) is 5.24. The highest BCUT2D eigenvalue weighted by Crippen LogP contribution is 2.40. The van der Waals surface area contributed by atoms with E-state index in [1.807, 2.05) is 60.2 Å². The minimum absolute atomic E-state index is 0.0663. The molecule has 0 radical (unpaired) electrons. The van der Waals surface area contributed by atoms with Gasteiger partial charge in [-0.1, -0.05) is 26.8 Å². The SMILES string of the molecule is COc1cc(-c2cnn(C)c2C)ccc1N1C(N)=NC=C2C=CN(CC(C)(C)C)C(N)=C21. The molecule has 4 N–H and O–H groups in total. The lowest BCUT2D eigenvalue weighted by Crippen LogP contribution is -2.44. The van der Waals surface area contributed by atoms with Crippen molar-refractivity contribution in [3.8, 4) is 16.9 Å². The molecule has 0 atom stereocenters. The molecule has 1 aromatic carbocycles. The minimum atomic E-state index is 0.0663. The summed E-state index contributed by atoms with van der Waals surface area (Å²) in [4.78, 5) is 8.33. The lowest BCUT2D eigenvalue weighted by Gasteiger charge is -2.38. The van der Waals surface area contributed by atoms with Crippen LogP contribution in [0.4, 0.5) is 5.69 Å². The molecule has 2 aromatic rings. The molecule has 32 heavy (non-hydrogen) atoms. The van der Waals surface area contributed by atoms with Crippen LogP contribution in [-0.4, -0.2) is 34.3 Å². The van der Waals surface area contributed by atoms with E-state index >= 15 is 0 Å². The second kappa shape index (κ2) is 7.78. The Labute approximate surface area is 189 Å². The number of aromatic nitrogens is 2. The van der Waals surface area contributed by atoms with Crippen LogP contribution in [0.5, 0.6) is 5.75 Å². The van der Waals surface area contributed by atoms with Crippen LogP contribution in [0, 0.1) is 12.3 Å². The summed E-state index contributed by atoms with van der Waals surface area (Å²) in [5.41, 5.74) is 18.7. The summed E-state index contributed by atoms with van der Waals surface area (Å²) < 4.78 is 7.64. The smallest absolute Gasteiger partial charge is 0.205 e. The number of aliphatic imine (C=N–C) groups is 1. The van der Waals surface area contributed by atoms with Gasteiger partial charge in [-0.05, 0) is 36.1 Å². The van der Waals surface area contributed by atoms with E-state index in [-0.39, 0.29) is 5.41 Å². The summed E-state index contributed by atoms with van der Waals surface area (Å²) in [7, 11) is 3.58. The van der Waals surface area contributed by atoms with Gasteiger partial charge in [-0.2, -0.15) is 5.10 Å². The van der Waals surface area contributed by atoms with Gasteiger partial charge < -0.3 is 21.1 Å². The molecular formula is C24H31N7O. The molecule has 0 aliphatic carbocycles. The molecule has 168 valence electrons. The maximum Gasteiger partial charge on any atom is 0.205 e. The number of ether oxygens (including phenoxy) is 1. The van der Waals surface area contributed by atoms with Crippen molar-refractivity contribution in [2.45, 2.75) is 27.7 Å². The number of hydrogen-bond donors (Lipinski definition) is 2. The van der Waals surface area contributed by atoms with E-state index in [0.29, 0.717) is 17.5 Å². The fourth-order valence-corrected chi connectivity index (χ4v) is 3.97. The summed E-state index contributed by atoms with van der Waals surface area (Å²) >= 11 is 0. The van der Waals surface area contributed by atoms with Gasteiger partial charge in [0.25, 0.3) is 0 Å². The molecule has 8 nitrogen and oxygen atoms in total. The molecular weight excluding hydrogens is 402 g/mol. The van der Waals surface area contributed by atoms with Gasteiger partial charge in [0.15, 0.2) is 0 Å². The van der Waals surface area contributed by atoms with Crippen molar-refractivity contribution in [1.29, 1.82) is 0 Å². The third kappa shape index (κ3) is 3.72. The Morgan fingerprint density at radius 2 is 1.91 bits per heavy atom. The van der Waals surface area contributed by atoms with Crippen LogP contribution in [0.1, 0.15) is 26.5 Å². The lowest BCUT2D eigenvalue weighted by atomic mass is 9.95. The number of nitrogens with two attached hydrogens (primary N) is 2. The Balaban J connectivity index is 1.81. The highest BCUT2D eigenvalue weighted by molar-refractivity contribution is 6.02. The second-order valence-corrected chi connectivity index (χ2v) is 9.30. The summed E-state index contributed by atoms with van der Waals surface area (Å²) in [6.45, 7) is 9.36. The van der Waals surface area contributed by atoms with Crippen molar-refractivity contribution in [2.75, 3.05) is 18.6 Å². The largest absolute Gasteiger partial charge is 0.495 e. The molecule has 0 saturated carbocycles. The van der Waals surface area contributed by atoms with E-state index in [0.717, 1.165) is 40.3 Å². The third-order valence-corrected chi connectivity index (χ3v) is 5.66. The Hall–Kier alpha value is -3.68. The van der Waals surface area contributed by atoms with Crippen molar-refractivity contribution >= 4 is 11.6 Å². The van der Waals surface area contributed by atoms with Crippen molar-refractivity contribution in [3.05, 3.63) is 65.7 Å². The van der Waals surface area contributed by atoms with Crippen LogP contribution in [0.3, 0.4) is 0 Å². The first-order valence-electron chi connectivity index (χ1n) is 10.6. The first kappa shape index (κ1) is 21.5. The number of benzene rings is 1. The number of allylic oxidation sites excluding steroid dienone is 1. The molecule has 2 aliphatic rings. The van der Waals surface area contributed by atoms with Gasteiger partial charge in [-0.25, -0.2) is 4.99 Å². The van der Waals surface area contributed by atoms with Crippen LogP contribution in [0.25, 0.3) is 11.1 Å². The van der Waals surface area contributed by atoms with Crippen molar-refractivity contribution in [1.82, 2.24) is 14.7 Å². The van der Waals surface area contributed by atoms with Gasteiger partial charge in [0.2, 0.25) is 5.96 Å². The van der Waals surface area contributed by atoms with Gasteiger partial charge in [0, 0.05) is 42.8 Å². The van der Waals surface area contributed by atoms with E-state index < -0.39 is 0 Å². The summed E-state index contributed by atoms with van der Waals surface area (Å²) in [6, 6.07) is 6.01. The van der Waals surface area contributed by atoms with Gasteiger partial charge in [-0.15, -0.1) is 0 Å². The van der Waals surface area contributed by atoms with Crippen molar-refractivity contribution in [3.63, 3.8) is 0 Å². The maximum absolute atomic E-state index is 6.68. The molecule has 0 unspecified atom stereocenters. The highest BCUT2D eigenvalue weighted by atomic mass is 16.5. The van der Waals surface area contributed by atoms with Crippen molar-refractivity contribution in [2.24, 2.45) is 28.9 Å². The predicted octanol–water partition coefficient (Wildman–Crippen LogP) is 3.43.